The normalized spacial score (nSPS) is 10.8. The Labute approximate surface area is 181 Å². The van der Waals surface area contributed by atoms with Gasteiger partial charge in [0.05, 0.1) is 6.61 Å². The summed E-state index contributed by atoms with van der Waals surface area (Å²) in [5.74, 6) is -0.492. The van der Waals surface area contributed by atoms with Crippen molar-refractivity contribution in [3.63, 3.8) is 0 Å². The predicted octanol–water partition coefficient (Wildman–Crippen LogP) is 5.44. The van der Waals surface area contributed by atoms with Crippen LogP contribution in [-0.4, -0.2) is 22.7 Å². The van der Waals surface area contributed by atoms with Gasteiger partial charge in [-0.3, -0.25) is 9.59 Å². The Hall–Kier alpha value is -3.86. The van der Waals surface area contributed by atoms with E-state index in [-0.39, 0.29) is 0 Å². The Morgan fingerprint density at radius 2 is 1.74 bits per heavy atom. The van der Waals surface area contributed by atoms with Gasteiger partial charge in [0.25, 0.3) is 11.7 Å². The molecule has 5 nitrogen and oxygen atoms in total. The van der Waals surface area contributed by atoms with Crippen molar-refractivity contribution in [1.29, 1.82) is 0 Å². The van der Waals surface area contributed by atoms with Crippen molar-refractivity contribution in [2.75, 3.05) is 11.9 Å². The fourth-order valence-electron chi connectivity index (χ4n) is 3.71. The average molecular weight is 412 g/mol. The highest BCUT2D eigenvalue weighted by Gasteiger charge is 2.25. The Morgan fingerprint density at radius 3 is 2.45 bits per heavy atom. The molecule has 5 heteroatoms. The van der Waals surface area contributed by atoms with Crippen LogP contribution in [0.15, 0.2) is 72.9 Å². The van der Waals surface area contributed by atoms with Crippen molar-refractivity contribution < 1.29 is 14.3 Å². The topological polar surface area (TPSA) is 59.8 Å². The van der Waals surface area contributed by atoms with Crippen LogP contribution in [0.4, 0.5) is 5.69 Å². The van der Waals surface area contributed by atoms with Gasteiger partial charge in [-0.1, -0.05) is 35.9 Å². The molecule has 0 bridgehead atoms. The van der Waals surface area contributed by atoms with Crippen molar-refractivity contribution >= 4 is 22.9 Å². The molecule has 1 amide bonds. The number of ketones is 1. The molecule has 0 aliphatic carbocycles. The first-order valence-corrected chi connectivity index (χ1v) is 10.2. The second kappa shape index (κ2) is 8.48. The van der Waals surface area contributed by atoms with Gasteiger partial charge < -0.3 is 14.5 Å². The SMILES string of the molecule is CCOc1ccc(-c2cc3ccccn3c2C(=O)C(=O)Nc2ccc(C)cc2C)cc1. The zero-order chi connectivity index (χ0) is 22.0. The Bertz CT molecular complexity index is 1270. The van der Waals surface area contributed by atoms with Crippen molar-refractivity contribution in [3.8, 4) is 16.9 Å². The van der Waals surface area contributed by atoms with Crippen LogP contribution in [0, 0.1) is 13.8 Å². The quantitative estimate of drug-likeness (QED) is 0.339. The fraction of sp³-hybridized carbons (Fsp3) is 0.154. The third kappa shape index (κ3) is 4.08. The molecule has 2 aromatic heterocycles. The molecule has 0 saturated carbocycles. The lowest BCUT2D eigenvalue weighted by Crippen LogP contribution is -2.25. The van der Waals surface area contributed by atoms with E-state index in [4.69, 9.17) is 4.74 Å². The molecule has 4 rings (SSSR count). The van der Waals surface area contributed by atoms with Crippen LogP contribution in [0.5, 0.6) is 5.75 Å². The van der Waals surface area contributed by atoms with Crippen LogP contribution in [0.3, 0.4) is 0 Å². The van der Waals surface area contributed by atoms with Gasteiger partial charge >= 0.3 is 0 Å². The second-order valence-corrected chi connectivity index (χ2v) is 7.46. The number of rotatable bonds is 6. The number of hydrogen-bond donors (Lipinski definition) is 1. The summed E-state index contributed by atoms with van der Waals surface area (Å²) in [7, 11) is 0. The lowest BCUT2D eigenvalue weighted by molar-refractivity contribution is -0.112. The minimum atomic E-state index is -0.664. The van der Waals surface area contributed by atoms with Gasteiger partial charge in [0.1, 0.15) is 11.4 Å². The molecule has 0 radical (unpaired) electrons. The van der Waals surface area contributed by atoms with Crippen molar-refractivity contribution in [3.05, 3.63) is 89.7 Å². The third-order valence-electron chi connectivity index (χ3n) is 5.21. The highest BCUT2D eigenvalue weighted by Crippen LogP contribution is 2.30. The van der Waals surface area contributed by atoms with Crippen LogP contribution in [0.2, 0.25) is 0 Å². The van der Waals surface area contributed by atoms with E-state index in [1.54, 1.807) is 10.6 Å². The largest absolute Gasteiger partial charge is 0.494 e. The molecular weight excluding hydrogens is 388 g/mol. The van der Waals surface area contributed by atoms with Crippen molar-refractivity contribution in [2.45, 2.75) is 20.8 Å². The van der Waals surface area contributed by atoms with Gasteiger partial charge in [-0.05, 0) is 68.3 Å². The number of pyridine rings is 1. The lowest BCUT2D eigenvalue weighted by Gasteiger charge is -2.10. The predicted molar refractivity (Wildman–Crippen MR) is 123 cm³/mol. The molecule has 0 unspecified atom stereocenters. The van der Waals surface area contributed by atoms with Gasteiger partial charge in [0, 0.05) is 23.0 Å². The Balaban J connectivity index is 1.74. The molecule has 0 aliphatic heterocycles. The number of fused-ring (bicyclic) bond motifs is 1. The smallest absolute Gasteiger partial charge is 0.298 e. The molecule has 0 spiro atoms. The zero-order valence-electron chi connectivity index (χ0n) is 17.8. The number of nitrogens with zero attached hydrogens (tertiary/aromatic N) is 1. The summed E-state index contributed by atoms with van der Waals surface area (Å²) >= 11 is 0. The number of anilines is 1. The van der Waals surface area contributed by atoms with Crippen molar-refractivity contribution in [1.82, 2.24) is 4.40 Å². The Morgan fingerprint density at radius 1 is 0.968 bits per heavy atom. The van der Waals surface area contributed by atoms with Crippen LogP contribution in [0.1, 0.15) is 28.5 Å². The number of hydrogen-bond acceptors (Lipinski definition) is 3. The monoisotopic (exact) mass is 412 g/mol. The summed E-state index contributed by atoms with van der Waals surface area (Å²) in [5.41, 5.74) is 5.36. The van der Waals surface area contributed by atoms with E-state index in [0.29, 0.717) is 23.6 Å². The van der Waals surface area contributed by atoms with E-state index in [1.807, 2.05) is 87.5 Å². The Kier molecular flexibility index (Phi) is 5.58. The first-order chi connectivity index (χ1) is 15.0. The first-order valence-electron chi connectivity index (χ1n) is 10.2. The van der Waals surface area contributed by atoms with Crippen LogP contribution >= 0.6 is 0 Å². The molecule has 0 fully saturated rings. The molecular formula is C26H24N2O3. The zero-order valence-corrected chi connectivity index (χ0v) is 17.8. The van der Waals surface area contributed by atoms with Crippen molar-refractivity contribution in [2.24, 2.45) is 0 Å². The molecule has 31 heavy (non-hydrogen) atoms. The summed E-state index contributed by atoms with van der Waals surface area (Å²) < 4.78 is 7.28. The number of nitrogens with one attached hydrogen (secondary N) is 1. The van der Waals surface area contributed by atoms with E-state index in [9.17, 15) is 9.59 Å². The van der Waals surface area contributed by atoms with Gasteiger partial charge in [0.15, 0.2) is 0 Å². The highest BCUT2D eigenvalue weighted by molar-refractivity contribution is 6.47. The lowest BCUT2D eigenvalue weighted by atomic mass is 10.0. The minimum absolute atomic E-state index is 0.335. The molecule has 1 N–H and O–H groups in total. The summed E-state index contributed by atoms with van der Waals surface area (Å²) in [5, 5.41) is 2.77. The molecule has 0 aliphatic rings. The van der Waals surface area contributed by atoms with Gasteiger partial charge in [-0.2, -0.15) is 0 Å². The first kappa shape index (κ1) is 20.4. The molecule has 2 aromatic carbocycles. The number of ether oxygens (including phenoxy) is 1. The summed E-state index contributed by atoms with van der Waals surface area (Å²) in [6.45, 7) is 6.40. The number of aryl methyl sites for hydroxylation is 2. The summed E-state index contributed by atoms with van der Waals surface area (Å²) in [6.07, 6.45) is 1.80. The minimum Gasteiger partial charge on any atom is -0.494 e. The molecule has 2 heterocycles. The number of Topliss-reactive ketones (excluding diaryl/α,β-unsaturated/α-hetero) is 1. The van der Waals surface area contributed by atoms with Crippen LogP contribution < -0.4 is 10.1 Å². The third-order valence-corrected chi connectivity index (χ3v) is 5.21. The van der Waals surface area contributed by atoms with E-state index >= 15 is 0 Å². The van der Waals surface area contributed by atoms with Crippen LogP contribution in [0.25, 0.3) is 16.6 Å². The molecule has 0 saturated heterocycles. The molecule has 4 aromatic rings. The van der Waals surface area contributed by atoms with Gasteiger partial charge in [-0.25, -0.2) is 0 Å². The standard InChI is InChI=1S/C26H24N2O3/c1-4-31-21-11-9-19(10-12-21)22-16-20-7-5-6-14-28(20)24(22)25(29)26(30)27-23-13-8-17(2)15-18(23)3/h5-16H,4H2,1-3H3,(H,27,30). The van der Waals surface area contributed by atoms with Crippen LogP contribution in [-0.2, 0) is 4.79 Å². The number of aromatic nitrogens is 1. The highest BCUT2D eigenvalue weighted by atomic mass is 16.5. The summed E-state index contributed by atoms with van der Waals surface area (Å²) in [6, 6.07) is 20.8. The molecule has 156 valence electrons. The van der Waals surface area contributed by atoms with Gasteiger partial charge in [-0.15, -0.1) is 0 Å². The summed E-state index contributed by atoms with van der Waals surface area (Å²) in [4.78, 5) is 26.2. The maximum absolute atomic E-state index is 13.3. The van der Waals surface area contributed by atoms with E-state index < -0.39 is 11.7 Å². The number of carbonyl (C=O) groups excluding carboxylic acids is 2. The van der Waals surface area contributed by atoms with Gasteiger partial charge in [0.2, 0.25) is 0 Å². The maximum Gasteiger partial charge on any atom is 0.298 e. The number of benzene rings is 2. The number of carbonyl (C=O) groups is 2. The molecule has 0 atom stereocenters. The second-order valence-electron chi connectivity index (χ2n) is 7.46. The number of amides is 1. The van der Waals surface area contributed by atoms with E-state index in [0.717, 1.165) is 28.0 Å². The maximum atomic E-state index is 13.3. The fourth-order valence-corrected chi connectivity index (χ4v) is 3.71. The van der Waals surface area contributed by atoms with E-state index in [2.05, 4.69) is 5.32 Å². The van der Waals surface area contributed by atoms with E-state index in [1.165, 1.54) is 0 Å². The average Bonchev–Trinajstić information content (AvgIpc) is 3.15.